The number of fused-ring (bicyclic) bond motifs is 6. The van der Waals surface area contributed by atoms with E-state index in [9.17, 15) is 19.8 Å². The number of carbonyl (C=O) groups excluding carboxylic acids is 1. The van der Waals surface area contributed by atoms with Crippen LogP contribution in [0.15, 0.2) is 11.6 Å². The van der Waals surface area contributed by atoms with Crippen LogP contribution in [0, 0.1) is 49.7 Å². The highest BCUT2D eigenvalue weighted by molar-refractivity contribution is 5.96. The lowest BCUT2D eigenvalue weighted by molar-refractivity contribution is -0.210. The van der Waals surface area contributed by atoms with Gasteiger partial charge in [-0.15, -0.1) is 0 Å². The third kappa shape index (κ3) is 2.89. The van der Waals surface area contributed by atoms with Crippen molar-refractivity contribution >= 4 is 11.8 Å². The van der Waals surface area contributed by atoms with E-state index in [2.05, 4.69) is 34.6 Å². The van der Waals surface area contributed by atoms with Crippen molar-refractivity contribution in [3.05, 3.63) is 11.6 Å². The predicted octanol–water partition coefficient (Wildman–Crippen LogP) is 6.53. The van der Waals surface area contributed by atoms with E-state index >= 15 is 0 Å². The summed E-state index contributed by atoms with van der Waals surface area (Å²) in [6.07, 6.45) is 10.9. The first-order chi connectivity index (χ1) is 17.0. The maximum Gasteiger partial charge on any atom is 0.309 e. The zero-order valence-electron chi connectivity index (χ0n) is 24.1. The maximum atomic E-state index is 14.4. The van der Waals surface area contributed by atoms with Gasteiger partial charge in [0.1, 0.15) is 0 Å². The fraction of sp³-hybridized carbons (Fsp3) is 0.875. The van der Waals surface area contributed by atoms with Crippen LogP contribution < -0.4 is 0 Å². The number of rotatable bonds is 3. The standard InChI is InChI=1S/C32H48O5/c1-19(33)37-23-8-9-30(6)24-22(34)16-20-21-17-27(3,25(35)36)11-10-26(21,2)12-13-28(20,4)29(24,5)14-15-32(30)18-31(23,32)7/h16,19,21,23-24,33H,8-15,17-18H2,1-7H3,(H,35,36)/t19?,21?,23?,24-,26+,27-,28+,29?,30?,31?,32-/m0/s1. The second-order valence-corrected chi connectivity index (χ2v) is 15.8. The summed E-state index contributed by atoms with van der Waals surface area (Å²) >= 11 is 0. The average molecular weight is 513 g/mol. The van der Waals surface area contributed by atoms with Crippen LogP contribution in [0.2, 0.25) is 0 Å². The minimum absolute atomic E-state index is 0.0152. The summed E-state index contributed by atoms with van der Waals surface area (Å²) in [5.74, 6) is -0.249. The van der Waals surface area contributed by atoms with Crippen molar-refractivity contribution in [3.63, 3.8) is 0 Å². The first kappa shape index (κ1) is 26.0. The van der Waals surface area contributed by atoms with Crippen LogP contribution in [0.5, 0.6) is 0 Å². The molecule has 0 aromatic rings. The number of carbonyl (C=O) groups is 2. The van der Waals surface area contributed by atoms with Gasteiger partial charge < -0.3 is 14.9 Å². The van der Waals surface area contributed by atoms with E-state index in [1.54, 1.807) is 6.92 Å². The summed E-state index contributed by atoms with van der Waals surface area (Å²) in [6.45, 7) is 15.6. The normalized spacial score (nSPS) is 57.0. The number of allylic oxidation sites excluding steroid dienone is 2. The third-order valence-corrected chi connectivity index (χ3v) is 14.4. The lowest BCUT2D eigenvalue weighted by Crippen LogP contribution is -2.65. The summed E-state index contributed by atoms with van der Waals surface area (Å²) < 4.78 is 6.05. The lowest BCUT2D eigenvalue weighted by atomic mass is 9.34. The summed E-state index contributed by atoms with van der Waals surface area (Å²) in [6, 6.07) is 0. The summed E-state index contributed by atoms with van der Waals surface area (Å²) in [4.78, 5) is 26.7. The number of carboxylic acids is 1. The van der Waals surface area contributed by atoms with E-state index in [1.807, 2.05) is 13.0 Å². The summed E-state index contributed by atoms with van der Waals surface area (Å²) in [5.41, 5.74) is 0.444. The van der Waals surface area contributed by atoms with Crippen LogP contribution in [-0.2, 0) is 14.3 Å². The van der Waals surface area contributed by atoms with Gasteiger partial charge in [-0.1, -0.05) is 40.2 Å². The van der Waals surface area contributed by atoms with Crippen molar-refractivity contribution in [1.82, 2.24) is 0 Å². The molecule has 0 radical (unpaired) electrons. The molecule has 0 bridgehead atoms. The van der Waals surface area contributed by atoms with Gasteiger partial charge in [-0.3, -0.25) is 9.59 Å². The molecule has 6 unspecified atom stereocenters. The quantitative estimate of drug-likeness (QED) is 0.420. The Morgan fingerprint density at radius 3 is 2.27 bits per heavy atom. The molecule has 0 aliphatic heterocycles. The van der Waals surface area contributed by atoms with Crippen molar-refractivity contribution in [2.24, 2.45) is 49.7 Å². The molecular formula is C32H48O5. The van der Waals surface area contributed by atoms with E-state index in [-0.39, 0.29) is 50.4 Å². The Morgan fingerprint density at radius 1 is 0.946 bits per heavy atom. The summed E-state index contributed by atoms with van der Waals surface area (Å²) in [5, 5.41) is 20.1. The molecule has 5 heteroatoms. The Labute approximate surface area is 222 Å². The Balaban J connectivity index is 1.42. The Bertz CT molecular complexity index is 1090. The molecule has 2 N–H and O–H groups in total. The molecule has 6 rings (SSSR count). The first-order valence-corrected chi connectivity index (χ1v) is 14.9. The smallest absolute Gasteiger partial charge is 0.309 e. The van der Waals surface area contributed by atoms with Crippen LogP contribution in [0.25, 0.3) is 0 Å². The highest BCUT2D eigenvalue weighted by Gasteiger charge is 2.82. The molecule has 6 aliphatic rings. The van der Waals surface area contributed by atoms with Crippen LogP contribution in [0.3, 0.4) is 0 Å². The van der Waals surface area contributed by atoms with E-state index in [0.717, 1.165) is 57.8 Å². The van der Waals surface area contributed by atoms with E-state index < -0.39 is 17.7 Å². The van der Waals surface area contributed by atoms with Gasteiger partial charge in [-0.2, -0.15) is 0 Å². The minimum atomic E-state index is -0.762. The highest BCUT2D eigenvalue weighted by atomic mass is 16.6. The molecule has 5 nitrogen and oxygen atoms in total. The molecule has 6 aliphatic carbocycles. The monoisotopic (exact) mass is 512 g/mol. The third-order valence-electron chi connectivity index (χ3n) is 14.4. The van der Waals surface area contributed by atoms with Crippen molar-refractivity contribution < 1.29 is 24.5 Å². The van der Waals surface area contributed by atoms with E-state index in [4.69, 9.17) is 4.74 Å². The molecule has 11 atom stereocenters. The fourth-order valence-electron chi connectivity index (χ4n) is 11.6. The van der Waals surface area contributed by atoms with Crippen LogP contribution in [0.4, 0.5) is 0 Å². The fourth-order valence-corrected chi connectivity index (χ4v) is 11.6. The largest absolute Gasteiger partial charge is 0.481 e. The topological polar surface area (TPSA) is 83.8 Å². The van der Waals surface area contributed by atoms with Gasteiger partial charge in [0.25, 0.3) is 0 Å². The van der Waals surface area contributed by atoms with Gasteiger partial charge in [-0.05, 0) is 117 Å². The van der Waals surface area contributed by atoms with Crippen molar-refractivity contribution in [1.29, 1.82) is 0 Å². The number of aliphatic hydroxyl groups excluding tert-OH is 1. The second kappa shape index (κ2) is 7.30. The number of ketones is 1. The second-order valence-electron chi connectivity index (χ2n) is 15.8. The predicted molar refractivity (Wildman–Crippen MR) is 142 cm³/mol. The Hall–Kier alpha value is -1.20. The number of aliphatic carboxylic acids is 1. The molecular weight excluding hydrogens is 464 g/mol. The van der Waals surface area contributed by atoms with Crippen molar-refractivity contribution in [2.75, 3.05) is 0 Å². The number of carboxylic acid groups (broad SMARTS) is 1. The summed E-state index contributed by atoms with van der Waals surface area (Å²) in [7, 11) is 0. The van der Waals surface area contributed by atoms with Gasteiger partial charge >= 0.3 is 5.97 Å². The maximum absolute atomic E-state index is 14.4. The zero-order valence-corrected chi connectivity index (χ0v) is 24.1. The molecule has 37 heavy (non-hydrogen) atoms. The van der Waals surface area contributed by atoms with Crippen LogP contribution >= 0.6 is 0 Å². The zero-order chi connectivity index (χ0) is 27.0. The molecule has 0 saturated heterocycles. The molecule has 0 heterocycles. The SMILES string of the molecule is CC(O)OC1CCC2(C)[C@H]3C(=O)C=C4C5C[C@@](C)(C(=O)O)CC[C@]5(C)CC[C@@]4(C)C3(C)CC[C@]23CC13C. The van der Waals surface area contributed by atoms with Gasteiger partial charge in [-0.25, -0.2) is 0 Å². The molecule has 0 aromatic heterocycles. The number of hydrogen-bond donors (Lipinski definition) is 2. The number of ether oxygens (including phenoxy) is 1. The van der Waals surface area contributed by atoms with Crippen LogP contribution in [-0.4, -0.2) is 34.4 Å². The highest BCUT2D eigenvalue weighted by Crippen LogP contribution is 2.87. The van der Waals surface area contributed by atoms with Gasteiger partial charge in [0.2, 0.25) is 0 Å². The molecule has 1 spiro atoms. The van der Waals surface area contributed by atoms with Crippen molar-refractivity contribution in [2.45, 2.75) is 125 Å². The molecule has 206 valence electrons. The minimum Gasteiger partial charge on any atom is -0.481 e. The van der Waals surface area contributed by atoms with Gasteiger partial charge in [0.15, 0.2) is 12.1 Å². The number of hydrogen-bond acceptors (Lipinski definition) is 4. The van der Waals surface area contributed by atoms with E-state index in [0.29, 0.717) is 12.2 Å². The van der Waals surface area contributed by atoms with Gasteiger partial charge in [0, 0.05) is 11.3 Å². The average Bonchev–Trinajstić information content (AvgIpc) is 3.45. The molecule has 5 fully saturated rings. The first-order valence-electron chi connectivity index (χ1n) is 14.9. The number of aliphatic hydroxyl groups is 1. The Morgan fingerprint density at radius 2 is 1.62 bits per heavy atom. The Kier molecular flexibility index (Phi) is 5.14. The lowest BCUT2D eigenvalue weighted by Gasteiger charge is -2.69. The van der Waals surface area contributed by atoms with Crippen LogP contribution in [0.1, 0.15) is 113 Å². The molecule has 0 aromatic carbocycles. The molecule has 0 amide bonds. The molecule has 5 saturated carbocycles. The van der Waals surface area contributed by atoms with Crippen molar-refractivity contribution in [3.8, 4) is 0 Å². The van der Waals surface area contributed by atoms with E-state index in [1.165, 1.54) is 5.57 Å². The van der Waals surface area contributed by atoms with Gasteiger partial charge in [0.05, 0.1) is 11.5 Å².